The van der Waals surface area contributed by atoms with Crippen LogP contribution in [0.3, 0.4) is 0 Å². The first-order chi connectivity index (χ1) is 28.5. The van der Waals surface area contributed by atoms with E-state index in [9.17, 15) is 9.59 Å². The number of carbonyl (C=O) groups excluding carboxylic acids is 2. The van der Waals surface area contributed by atoms with Crippen LogP contribution in [0.5, 0.6) is 17.2 Å². The Hall–Kier alpha value is -5.46. The minimum atomic E-state index is -2.83. The summed E-state index contributed by atoms with van der Waals surface area (Å²) >= 11 is 0. The fourth-order valence-electron chi connectivity index (χ4n) is 8.80. The van der Waals surface area contributed by atoms with Crippen molar-refractivity contribution in [3.05, 3.63) is 145 Å². The third-order valence-corrected chi connectivity index (χ3v) is 16.8. The van der Waals surface area contributed by atoms with Crippen molar-refractivity contribution in [2.24, 2.45) is 5.92 Å². The highest BCUT2D eigenvalue weighted by molar-refractivity contribution is 6.99. The van der Waals surface area contributed by atoms with E-state index in [1.165, 1.54) is 10.4 Å². The van der Waals surface area contributed by atoms with Crippen LogP contribution >= 0.6 is 0 Å². The van der Waals surface area contributed by atoms with Crippen molar-refractivity contribution >= 4 is 36.3 Å². The zero-order valence-corrected chi connectivity index (χ0v) is 35.7. The number of hydrogen-bond acceptors (Lipinski definition) is 9. The maximum atomic E-state index is 14.5. The number of esters is 1. The Morgan fingerprint density at radius 3 is 2.03 bits per heavy atom. The van der Waals surface area contributed by atoms with Crippen LogP contribution in [-0.4, -0.2) is 77.7 Å². The van der Waals surface area contributed by atoms with Gasteiger partial charge in [-0.1, -0.05) is 112 Å². The minimum Gasteiger partial charge on any atom is -0.497 e. The summed E-state index contributed by atoms with van der Waals surface area (Å²) in [4.78, 5) is 30.8. The predicted octanol–water partition coefficient (Wildman–Crippen LogP) is 6.74. The van der Waals surface area contributed by atoms with Gasteiger partial charge in [0.1, 0.15) is 35.9 Å². The van der Waals surface area contributed by atoms with E-state index in [1.54, 1.807) is 50.6 Å². The van der Waals surface area contributed by atoms with E-state index in [0.29, 0.717) is 41.7 Å². The second-order valence-corrected chi connectivity index (χ2v) is 20.7. The normalized spacial score (nSPS) is 19.9. The smallest absolute Gasteiger partial charge is 0.324 e. The van der Waals surface area contributed by atoms with E-state index in [0.717, 1.165) is 12.0 Å². The number of benzene rings is 5. The number of likely N-dealkylation sites (tertiary alicyclic amines) is 1. The van der Waals surface area contributed by atoms with E-state index in [1.807, 2.05) is 48.5 Å². The van der Waals surface area contributed by atoms with E-state index < -0.39 is 26.4 Å². The molecule has 0 radical (unpaired) electrons. The number of cyclic esters (lactones) is 1. The van der Waals surface area contributed by atoms with Crippen molar-refractivity contribution in [1.82, 2.24) is 10.2 Å². The predicted molar refractivity (Wildman–Crippen MR) is 233 cm³/mol. The summed E-state index contributed by atoms with van der Waals surface area (Å²) in [5.41, 5.74) is 2.09. The largest absolute Gasteiger partial charge is 0.497 e. The summed E-state index contributed by atoms with van der Waals surface area (Å²) in [6.07, 6.45) is 0.764. The second kappa shape index (κ2) is 18.2. The van der Waals surface area contributed by atoms with Gasteiger partial charge in [-0.25, -0.2) is 0 Å². The molecule has 5 atom stereocenters. The standard InChI is InChI=1S/C48H55N3O7Si/c1-48(2,3)59(39-18-12-8-13-19-39,40-20-14-9-15-21-40)58-32-36-28-34-31-57-47(53)44(45(34)51(36)4)50-43(46(52)49-35-22-24-37(54-5)25-23-35)41-29-38(26-27-42(41)55-6)56-30-33-16-10-7-11-17-33/h7-27,29,34,36,43-45,50H,28,30-32H2,1-6H3,(H,49,52)/t34-,36+,43-,44-,45-/m1/s1. The number of carbonyl (C=O) groups is 2. The van der Waals surface area contributed by atoms with Crippen molar-refractivity contribution in [3.8, 4) is 17.2 Å². The van der Waals surface area contributed by atoms with Crippen LogP contribution in [0.1, 0.15) is 44.4 Å². The number of methoxy groups -OCH3 is 2. The molecule has 0 saturated carbocycles. The zero-order valence-electron chi connectivity index (χ0n) is 34.7. The number of fused-ring (bicyclic) bond motifs is 1. The lowest BCUT2D eigenvalue weighted by molar-refractivity contribution is -0.156. The van der Waals surface area contributed by atoms with Crippen molar-refractivity contribution in [1.29, 1.82) is 0 Å². The van der Waals surface area contributed by atoms with Crippen LogP contribution in [0.2, 0.25) is 5.04 Å². The number of ether oxygens (including phenoxy) is 4. The number of nitrogens with zero attached hydrogens (tertiary/aromatic N) is 1. The molecule has 2 saturated heterocycles. The van der Waals surface area contributed by atoms with E-state index in [4.69, 9.17) is 23.4 Å². The molecule has 5 aromatic rings. The molecular weight excluding hydrogens is 759 g/mol. The molecule has 0 spiro atoms. The molecule has 59 heavy (non-hydrogen) atoms. The summed E-state index contributed by atoms with van der Waals surface area (Å²) in [5.74, 6) is 0.903. The van der Waals surface area contributed by atoms with E-state index in [2.05, 4.69) is 91.9 Å². The molecule has 0 aliphatic carbocycles. The Balaban J connectivity index is 1.19. The Morgan fingerprint density at radius 2 is 1.44 bits per heavy atom. The maximum absolute atomic E-state index is 14.5. The second-order valence-electron chi connectivity index (χ2n) is 16.4. The van der Waals surface area contributed by atoms with E-state index >= 15 is 0 Å². The number of anilines is 1. The maximum Gasteiger partial charge on any atom is 0.324 e. The summed E-state index contributed by atoms with van der Waals surface area (Å²) < 4.78 is 30.7. The summed E-state index contributed by atoms with van der Waals surface area (Å²) in [7, 11) is 2.39. The van der Waals surface area contributed by atoms with Gasteiger partial charge in [0, 0.05) is 29.3 Å². The summed E-state index contributed by atoms with van der Waals surface area (Å²) in [6, 6.07) is 41.4. The van der Waals surface area contributed by atoms with Gasteiger partial charge in [0.05, 0.1) is 27.4 Å². The van der Waals surface area contributed by atoms with Gasteiger partial charge >= 0.3 is 5.97 Å². The summed E-state index contributed by atoms with van der Waals surface area (Å²) in [5, 5.41) is 8.78. The highest BCUT2D eigenvalue weighted by Crippen LogP contribution is 2.40. The van der Waals surface area contributed by atoms with Crippen LogP contribution in [0, 0.1) is 5.92 Å². The van der Waals surface area contributed by atoms with Crippen LogP contribution in [-0.2, 0) is 25.4 Å². The minimum absolute atomic E-state index is 0.00990. The molecule has 2 heterocycles. The van der Waals surface area contributed by atoms with Crippen LogP contribution in [0.15, 0.2) is 133 Å². The molecular formula is C48H55N3O7Si. The van der Waals surface area contributed by atoms with Gasteiger partial charge in [-0.3, -0.25) is 19.8 Å². The van der Waals surface area contributed by atoms with Gasteiger partial charge in [0.15, 0.2) is 0 Å². The first kappa shape index (κ1) is 41.7. The van der Waals surface area contributed by atoms with Crippen LogP contribution < -0.4 is 35.2 Å². The number of nitrogens with one attached hydrogen (secondary N) is 2. The molecule has 2 aliphatic rings. The van der Waals surface area contributed by atoms with Gasteiger partial charge in [0.2, 0.25) is 5.91 Å². The molecule has 1 amide bonds. The van der Waals surface area contributed by atoms with Gasteiger partial charge in [-0.05, 0) is 76.9 Å². The Bertz CT molecular complexity index is 2130. The average Bonchev–Trinajstić information content (AvgIpc) is 3.58. The molecule has 308 valence electrons. The number of rotatable bonds is 15. The molecule has 0 unspecified atom stereocenters. The lowest BCUT2D eigenvalue weighted by Gasteiger charge is -2.44. The lowest BCUT2D eigenvalue weighted by Crippen LogP contribution is -2.67. The first-order valence-corrected chi connectivity index (χ1v) is 22.1. The Labute approximate surface area is 348 Å². The molecule has 10 nitrogen and oxygen atoms in total. The monoisotopic (exact) mass is 813 g/mol. The van der Waals surface area contributed by atoms with E-state index in [-0.39, 0.29) is 35.6 Å². The number of amides is 1. The highest BCUT2D eigenvalue weighted by Gasteiger charge is 2.54. The molecule has 11 heteroatoms. The zero-order chi connectivity index (χ0) is 41.6. The first-order valence-electron chi connectivity index (χ1n) is 20.2. The van der Waals surface area contributed by atoms with Crippen LogP contribution in [0.25, 0.3) is 0 Å². The third kappa shape index (κ3) is 8.94. The molecule has 2 aliphatic heterocycles. The number of hydrogen-bond donors (Lipinski definition) is 2. The topological polar surface area (TPSA) is 108 Å². The Morgan fingerprint density at radius 1 is 0.831 bits per heavy atom. The molecule has 5 aromatic carbocycles. The van der Waals surface area contributed by atoms with Gasteiger partial charge < -0.3 is 28.7 Å². The SMILES string of the molecule is COc1ccc(NC(=O)[C@H](N[C@H]2C(=O)OC[C@H]3C[C@@H](CO[Si](c4ccccc4)(c4ccccc4)C(C)(C)C)N(C)[C@H]32)c2cc(OCc3ccccc3)ccc2OC)cc1. The quantitative estimate of drug-likeness (QED) is 0.0878. The third-order valence-electron chi connectivity index (χ3n) is 11.8. The fraction of sp³-hybridized carbons (Fsp3) is 0.333. The van der Waals surface area contributed by atoms with Gasteiger partial charge in [-0.15, -0.1) is 0 Å². The highest BCUT2D eigenvalue weighted by atomic mass is 28.4. The Kier molecular flexibility index (Phi) is 12.9. The fourth-order valence-corrected chi connectivity index (χ4v) is 13.4. The summed E-state index contributed by atoms with van der Waals surface area (Å²) in [6.45, 7) is 7.92. The lowest BCUT2D eigenvalue weighted by atomic mass is 9.90. The molecule has 0 bridgehead atoms. The van der Waals surface area contributed by atoms with Gasteiger partial charge in [-0.2, -0.15) is 0 Å². The van der Waals surface area contributed by atoms with Crippen molar-refractivity contribution < 1.29 is 33.0 Å². The molecule has 7 rings (SSSR count). The van der Waals surface area contributed by atoms with Crippen molar-refractivity contribution in [2.75, 3.05) is 39.8 Å². The number of likely N-dealkylation sites (N-methyl/N-ethyl adjacent to an activating group) is 1. The molecule has 2 fully saturated rings. The van der Waals surface area contributed by atoms with Crippen LogP contribution in [0.4, 0.5) is 5.69 Å². The molecule has 0 aromatic heterocycles. The average molecular weight is 814 g/mol. The van der Waals surface area contributed by atoms with Crippen molar-refractivity contribution in [2.45, 2.75) is 63.0 Å². The van der Waals surface area contributed by atoms with Gasteiger partial charge in [0.25, 0.3) is 8.32 Å². The van der Waals surface area contributed by atoms with Crippen molar-refractivity contribution in [3.63, 3.8) is 0 Å². The molecule has 2 N–H and O–H groups in total.